The van der Waals surface area contributed by atoms with Crippen molar-refractivity contribution in [3.05, 3.63) is 117 Å². The minimum atomic E-state index is -4.85. The molecule has 4 aromatic rings. The smallest absolute Gasteiger partial charge is 0.489 e. The number of halogens is 9. The third-order valence-electron chi connectivity index (χ3n) is 6.71. The number of aromatic nitrogens is 1. The van der Waals surface area contributed by atoms with Gasteiger partial charge in [0.15, 0.2) is 5.75 Å². The molecular weight excluding hydrogens is 859 g/mol. The lowest BCUT2D eigenvalue weighted by molar-refractivity contribution is -0.275. The average Bonchev–Trinajstić information content (AvgIpc) is 3.13. The second kappa shape index (κ2) is 23.1. The van der Waals surface area contributed by atoms with Crippen LogP contribution in [-0.2, 0) is 18.5 Å². The zero-order chi connectivity index (χ0) is 42.1. The van der Waals surface area contributed by atoms with Crippen molar-refractivity contribution >= 4 is 50.9 Å². The van der Waals surface area contributed by atoms with E-state index < -0.39 is 18.5 Å². The van der Waals surface area contributed by atoms with Crippen molar-refractivity contribution in [2.75, 3.05) is 13.1 Å². The molecule has 56 heavy (non-hydrogen) atoms. The highest BCUT2D eigenvalue weighted by molar-refractivity contribution is 9.08. The molecule has 0 aliphatic heterocycles. The molecule has 0 fully saturated rings. The van der Waals surface area contributed by atoms with Crippen LogP contribution < -0.4 is 24.8 Å². The molecule has 0 aliphatic rings. The summed E-state index contributed by atoms with van der Waals surface area (Å²) in [6.07, 6.45) is -8.10. The molecule has 18 heteroatoms. The maximum Gasteiger partial charge on any atom is 0.573 e. The molecule has 2 amide bonds. The number of carbonyl (C=O) groups is 2. The molecule has 0 radical (unpaired) electrons. The second-order valence-corrected chi connectivity index (χ2v) is 13.9. The highest BCUT2D eigenvalue weighted by atomic mass is 79.9. The second-order valence-electron chi connectivity index (χ2n) is 12.5. The molecule has 9 nitrogen and oxygen atoms in total. The van der Waals surface area contributed by atoms with Gasteiger partial charge in [0.25, 0.3) is 11.8 Å². The summed E-state index contributed by atoms with van der Waals surface area (Å²) in [6.45, 7) is 9.35. The fraction of sp³-hybridized carbons (Fsp3) is 0.342. The van der Waals surface area contributed by atoms with Crippen LogP contribution in [0, 0.1) is 11.8 Å². The number of nitrogens with one attached hydrogen (secondary N) is 2. The fourth-order valence-electron chi connectivity index (χ4n) is 3.97. The summed E-state index contributed by atoms with van der Waals surface area (Å²) >= 11 is 14.3. The zero-order valence-corrected chi connectivity index (χ0v) is 33.6. The predicted octanol–water partition coefficient (Wildman–Crippen LogP) is 10.3. The Labute approximate surface area is 338 Å². The maximum atomic E-state index is 12.3. The van der Waals surface area contributed by atoms with Gasteiger partial charge >= 0.3 is 12.7 Å². The topological polar surface area (TPSA) is 119 Å². The van der Waals surface area contributed by atoms with Crippen LogP contribution in [0.2, 0.25) is 10.0 Å². The minimum absolute atomic E-state index is 0.00783. The number of benzene rings is 3. The number of pyridine rings is 1. The van der Waals surface area contributed by atoms with E-state index in [1.807, 2.05) is 13.8 Å². The number of amides is 2. The third-order valence-corrected chi connectivity index (χ3v) is 7.98. The van der Waals surface area contributed by atoms with Crippen molar-refractivity contribution in [2.24, 2.45) is 11.8 Å². The van der Waals surface area contributed by atoms with Crippen LogP contribution in [0.1, 0.15) is 65.2 Å². The number of alkyl halides is 7. The first kappa shape index (κ1) is 47.9. The zero-order valence-electron chi connectivity index (χ0n) is 30.5. The Morgan fingerprint density at radius 1 is 0.732 bits per heavy atom. The maximum absolute atomic E-state index is 12.3. The first-order chi connectivity index (χ1) is 26.2. The van der Waals surface area contributed by atoms with Crippen molar-refractivity contribution < 1.29 is 55.2 Å². The molecule has 0 atom stereocenters. The number of nitrogens with zero attached hydrogens (tertiary/aromatic N) is 1. The lowest BCUT2D eigenvalue weighted by atomic mass is 10.1. The van der Waals surface area contributed by atoms with Crippen molar-refractivity contribution in [3.63, 3.8) is 0 Å². The van der Waals surface area contributed by atoms with E-state index in [0.717, 1.165) is 11.6 Å². The van der Waals surface area contributed by atoms with Crippen LogP contribution in [0.25, 0.3) is 0 Å². The fourth-order valence-corrected chi connectivity index (χ4v) is 4.63. The van der Waals surface area contributed by atoms with Crippen molar-refractivity contribution in [1.29, 1.82) is 0 Å². The van der Waals surface area contributed by atoms with Crippen molar-refractivity contribution in [3.8, 4) is 17.2 Å². The summed E-state index contributed by atoms with van der Waals surface area (Å²) in [6, 6.07) is 18.1. The molecule has 0 bridgehead atoms. The summed E-state index contributed by atoms with van der Waals surface area (Å²) in [5.74, 6) is -0.334. The quantitative estimate of drug-likeness (QED) is 0.0903. The molecule has 0 saturated heterocycles. The van der Waals surface area contributed by atoms with Crippen LogP contribution in [0.3, 0.4) is 0 Å². The van der Waals surface area contributed by atoms with Gasteiger partial charge in [-0.3, -0.25) is 14.6 Å². The van der Waals surface area contributed by atoms with E-state index in [4.69, 9.17) is 33.0 Å². The molecule has 1 aromatic heterocycles. The van der Waals surface area contributed by atoms with Gasteiger partial charge in [-0.05, 0) is 65.4 Å². The molecule has 0 saturated carbocycles. The third kappa shape index (κ3) is 19.1. The monoisotopic (exact) mass is 897 g/mol. The van der Waals surface area contributed by atoms with Gasteiger partial charge in [-0.2, -0.15) is 0 Å². The normalized spacial score (nSPS) is 11.1. The molecule has 1 heterocycles. The van der Waals surface area contributed by atoms with E-state index in [9.17, 15) is 35.9 Å². The number of carbonyl (C=O) groups excluding carboxylic acids is 2. The Morgan fingerprint density at radius 3 is 1.71 bits per heavy atom. The Kier molecular flexibility index (Phi) is 19.8. The first-order valence-electron chi connectivity index (χ1n) is 16.7. The predicted molar refractivity (Wildman–Crippen MR) is 204 cm³/mol. The molecule has 306 valence electrons. The van der Waals surface area contributed by atoms with Crippen LogP contribution in [0.5, 0.6) is 17.2 Å². The van der Waals surface area contributed by atoms with E-state index in [1.165, 1.54) is 30.5 Å². The summed E-state index contributed by atoms with van der Waals surface area (Å²) in [5.41, 5.74) is 3.02. The van der Waals surface area contributed by atoms with Gasteiger partial charge in [0.05, 0.1) is 16.7 Å². The van der Waals surface area contributed by atoms with Crippen LogP contribution in [0.15, 0.2) is 79.0 Å². The number of aliphatic hydroxyl groups is 1. The Morgan fingerprint density at radius 2 is 1.23 bits per heavy atom. The van der Waals surface area contributed by atoms with Gasteiger partial charge in [0.1, 0.15) is 23.8 Å². The SMILES string of the molecule is CC(C)CNC(=O)c1ccc(CO)cc1.CC(C)CNC(=O)c1ccc(COc2ccc(Cl)c(OC(F)(F)F)c2)cn1.FC(F)(F)Oc1cc(CBr)ccc1Cl. The van der Waals surface area contributed by atoms with Gasteiger partial charge in [-0.15, -0.1) is 26.3 Å². The highest BCUT2D eigenvalue weighted by Gasteiger charge is 2.33. The Hall–Kier alpha value is -4.25. The Bertz CT molecular complexity index is 1830. The standard InChI is InChI=1S/C18H18ClF3N2O3.C12H17NO2.C8H5BrClF3O/c1-11(2)8-24-17(25)15-6-3-12(9-23-15)10-26-13-4-5-14(19)16(7-13)27-18(20,21)22;1-9(2)7-13-12(15)11-5-3-10(8-14)4-6-11;9-4-5-1-2-6(10)7(3-5)14-8(11,12)13/h3-7,9,11H,8,10H2,1-2H3,(H,24,25);3-6,9,14H,7-8H2,1-2H3,(H,13,15);1-3H,4H2. The van der Waals surface area contributed by atoms with Gasteiger partial charge < -0.3 is 30.0 Å². The van der Waals surface area contributed by atoms with Crippen molar-refractivity contribution in [2.45, 2.75) is 59.0 Å². The van der Waals surface area contributed by atoms with E-state index in [1.54, 1.807) is 42.5 Å². The van der Waals surface area contributed by atoms with Crippen LogP contribution >= 0.6 is 39.1 Å². The number of aliphatic hydroxyl groups excluding tert-OH is 1. The molecular formula is C38H40BrCl2F6N3O6. The number of rotatable bonds is 13. The largest absolute Gasteiger partial charge is 0.573 e. The van der Waals surface area contributed by atoms with E-state index >= 15 is 0 Å². The van der Waals surface area contributed by atoms with Crippen molar-refractivity contribution in [1.82, 2.24) is 15.6 Å². The van der Waals surface area contributed by atoms with E-state index in [2.05, 4.69) is 54.9 Å². The van der Waals surface area contributed by atoms with E-state index in [-0.39, 0.29) is 52.3 Å². The lowest BCUT2D eigenvalue weighted by Gasteiger charge is -2.12. The summed E-state index contributed by atoms with van der Waals surface area (Å²) < 4.78 is 85.6. The Balaban J connectivity index is 0.000000316. The summed E-state index contributed by atoms with van der Waals surface area (Å²) in [5, 5.41) is 14.6. The number of hydrogen-bond donors (Lipinski definition) is 3. The molecule has 0 aliphatic carbocycles. The van der Waals surface area contributed by atoms with Crippen LogP contribution in [0.4, 0.5) is 26.3 Å². The average molecular weight is 900 g/mol. The molecule has 4 rings (SSSR count). The molecule has 3 aromatic carbocycles. The van der Waals surface area contributed by atoms with E-state index in [0.29, 0.717) is 46.9 Å². The van der Waals surface area contributed by atoms with Gasteiger partial charge in [0.2, 0.25) is 0 Å². The lowest BCUT2D eigenvalue weighted by Crippen LogP contribution is -2.28. The first-order valence-corrected chi connectivity index (χ1v) is 18.6. The van der Waals surface area contributed by atoms with Gasteiger partial charge in [0, 0.05) is 41.8 Å². The number of ether oxygens (including phenoxy) is 3. The summed E-state index contributed by atoms with van der Waals surface area (Å²) in [7, 11) is 0. The number of hydrogen-bond acceptors (Lipinski definition) is 7. The van der Waals surface area contributed by atoms with Gasteiger partial charge in [-0.1, -0.05) is 91.1 Å². The molecule has 0 spiro atoms. The highest BCUT2D eigenvalue weighted by Crippen LogP contribution is 2.34. The van der Waals surface area contributed by atoms with Crippen LogP contribution in [-0.4, -0.2) is 47.7 Å². The minimum Gasteiger partial charge on any atom is -0.489 e. The summed E-state index contributed by atoms with van der Waals surface area (Å²) in [4.78, 5) is 27.5. The van der Waals surface area contributed by atoms with Gasteiger partial charge in [-0.25, -0.2) is 0 Å². The molecule has 0 unspecified atom stereocenters. The molecule has 3 N–H and O–H groups in total.